The monoisotopic (exact) mass is 414 g/mol. The topological polar surface area (TPSA) is 59.5 Å². The second-order valence-electron chi connectivity index (χ2n) is 8.52. The van der Waals surface area contributed by atoms with E-state index in [4.69, 9.17) is 4.74 Å². The van der Waals surface area contributed by atoms with Gasteiger partial charge in [0.05, 0.1) is 11.6 Å². The van der Waals surface area contributed by atoms with Crippen molar-refractivity contribution in [3.05, 3.63) is 89.8 Å². The van der Waals surface area contributed by atoms with Crippen LogP contribution >= 0.6 is 0 Å². The summed E-state index contributed by atoms with van der Waals surface area (Å²) in [6.07, 6.45) is 3.35. The van der Waals surface area contributed by atoms with Crippen LogP contribution in [0.1, 0.15) is 44.4 Å². The molecule has 2 aromatic carbocycles. The fourth-order valence-electron chi connectivity index (χ4n) is 4.00. The minimum atomic E-state index is -0.707. The summed E-state index contributed by atoms with van der Waals surface area (Å²) < 4.78 is 5.93. The molecule has 1 aromatic heterocycles. The third-order valence-electron chi connectivity index (χ3n) is 5.58. The molecule has 0 aliphatic carbocycles. The lowest BCUT2D eigenvalue weighted by atomic mass is 9.97. The Kier molecular flexibility index (Phi) is 5.59. The molecular weight excluding hydrogens is 388 g/mol. The number of rotatable bonds is 5. The maximum absolute atomic E-state index is 13.7. The van der Waals surface area contributed by atoms with E-state index in [2.05, 4.69) is 4.98 Å². The molecule has 4 rings (SSSR count). The first-order valence-electron chi connectivity index (χ1n) is 10.5. The molecule has 0 unspecified atom stereocenters. The molecule has 1 aliphatic rings. The number of carbonyl (C=O) groups is 2. The molecule has 0 spiro atoms. The van der Waals surface area contributed by atoms with Gasteiger partial charge in [0.1, 0.15) is 5.60 Å². The van der Waals surface area contributed by atoms with Crippen LogP contribution < -0.4 is 0 Å². The van der Waals surface area contributed by atoms with Crippen LogP contribution in [0.2, 0.25) is 0 Å². The summed E-state index contributed by atoms with van der Waals surface area (Å²) in [6, 6.07) is 19.5. The van der Waals surface area contributed by atoms with E-state index < -0.39 is 5.60 Å². The van der Waals surface area contributed by atoms with Crippen molar-refractivity contribution < 1.29 is 14.3 Å². The van der Waals surface area contributed by atoms with Crippen molar-refractivity contribution in [2.45, 2.75) is 45.4 Å². The maximum atomic E-state index is 13.7. The Balaban J connectivity index is 1.74. The molecule has 0 fully saturated rings. The van der Waals surface area contributed by atoms with Crippen LogP contribution in [0, 0.1) is 0 Å². The summed E-state index contributed by atoms with van der Waals surface area (Å²) in [5.74, 6) is -0.290. The summed E-state index contributed by atoms with van der Waals surface area (Å²) >= 11 is 0. The van der Waals surface area contributed by atoms with E-state index in [1.54, 1.807) is 11.1 Å². The Morgan fingerprint density at radius 3 is 2.55 bits per heavy atom. The Bertz CT molecular complexity index is 1150. The van der Waals surface area contributed by atoms with Crippen LogP contribution in [0.25, 0.3) is 10.9 Å². The quantitative estimate of drug-likeness (QED) is 0.591. The number of hydrogen-bond acceptors (Lipinski definition) is 4. The highest BCUT2D eigenvalue weighted by Gasteiger charge is 2.35. The fraction of sp³-hybridized carbons (Fsp3) is 0.269. The van der Waals surface area contributed by atoms with Gasteiger partial charge >= 0.3 is 0 Å². The molecule has 158 valence electrons. The van der Waals surface area contributed by atoms with Crippen LogP contribution in [0.4, 0.5) is 0 Å². The Labute approximate surface area is 182 Å². The lowest BCUT2D eigenvalue weighted by molar-refractivity contribution is -0.140. The van der Waals surface area contributed by atoms with Crippen LogP contribution in [-0.4, -0.2) is 27.2 Å². The van der Waals surface area contributed by atoms with Gasteiger partial charge in [0.15, 0.2) is 11.5 Å². The van der Waals surface area contributed by atoms with Crippen molar-refractivity contribution in [2.24, 2.45) is 0 Å². The van der Waals surface area contributed by atoms with Crippen molar-refractivity contribution in [3.63, 3.8) is 0 Å². The largest absolute Gasteiger partial charge is 0.481 e. The normalized spacial score (nSPS) is 16.4. The average Bonchev–Trinajstić information content (AvgIpc) is 2.76. The molecule has 3 aromatic rings. The van der Waals surface area contributed by atoms with Gasteiger partial charge in [0.25, 0.3) is 5.91 Å². The van der Waals surface area contributed by atoms with Gasteiger partial charge in [-0.3, -0.25) is 14.6 Å². The molecule has 0 N–H and O–H groups in total. The predicted octanol–water partition coefficient (Wildman–Crippen LogP) is 4.98. The summed E-state index contributed by atoms with van der Waals surface area (Å²) in [4.78, 5) is 32.1. The molecule has 0 saturated carbocycles. The molecule has 5 nitrogen and oxygen atoms in total. The zero-order chi connectivity index (χ0) is 22.0. The highest BCUT2D eigenvalue weighted by molar-refractivity contribution is 6.02. The number of pyridine rings is 1. The average molecular weight is 415 g/mol. The van der Waals surface area contributed by atoms with Crippen molar-refractivity contribution in [1.82, 2.24) is 9.88 Å². The minimum Gasteiger partial charge on any atom is -0.481 e. The third kappa shape index (κ3) is 4.50. The van der Waals surface area contributed by atoms with E-state index in [9.17, 15) is 9.59 Å². The smallest absolute Gasteiger partial charge is 0.289 e. The lowest BCUT2D eigenvalue weighted by Crippen LogP contribution is -2.40. The molecule has 1 aliphatic heterocycles. The summed E-state index contributed by atoms with van der Waals surface area (Å²) in [7, 11) is 0. The fourth-order valence-corrected chi connectivity index (χ4v) is 4.00. The number of benzene rings is 2. The third-order valence-corrected chi connectivity index (χ3v) is 5.58. The zero-order valence-corrected chi connectivity index (χ0v) is 18.0. The van der Waals surface area contributed by atoms with E-state index in [-0.39, 0.29) is 29.9 Å². The first-order chi connectivity index (χ1) is 14.8. The van der Waals surface area contributed by atoms with E-state index in [1.165, 1.54) is 6.08 Å². The van der Waals surface area contributed by atoms with Crippen molar-refractivity contribution >= 4 is 22.6 Å². The zero-order valence-electron chi connectivity index (χ0n) is 18.0. The molecule has 2 heterocycles. The van der Waals surface area contributed by atoms with Gasteiger partial charge < -0.3 is 9.64 Å². The second-order valence-corrected chi connectivity index (χ2v) is 8.52. The second kappa shape index (κ2) is 8.34. The molecular formula is C26H26N2O3. The molecule has 0 saturated heterocycles. The summed E-state index contributed by atoms with van der Waals surface area (Å²) in [6.45, 7) is 6.01. The van der Waals surface area contributed by atoms with Gasteiger partial charge in [0, 0.05) is 30.6 Å². The Hall–Kier alpha value is -3.47. The van der Waals surface area contributed by atoms with Gasteiger partial charge in [-0.1, -0.05) is 48.5 Å². The standard InChI is InChI=1S/C26H26N2O3/c1-18(19-9-5-4-6-10-19)28(25(30)24-15-21(29)16-26(2,3)31-24)17-20-13-14-27-23-12-8-7-11-22(20)23/h4-15,18H,16-17H2,1-3H3/t18-/m1/s1. The van der Waals surface area contributed by atoms with Gasteiger partial charge in [-0.2, -0.15) is 0 Å². The first-order valence-corrected chi connectivity index (χ1v) is 10.5. The van der Waals surface area contributed by atoms with Crippen LogP contribution in [-0.2, 0) is 20.9 Å². The molecule has 31 heavy (non-hydrogen) atoms. The maximum Gasteiger partial charge on any atom is 0.289 e. The lowest BCUT2D eigenvalue weighted by Gasteiger charge is -2.35. The molecule has 1 atom stereocenters. The molecule has 0 bridgehead atoms. The number of fused-ring (bicyclic) bond motifs is 1. The van der Waals surface area contributed by atoms with E-state index in [0.717, 1.165) is 22.0 Å². The van der Waals surface area contributed by atoms with Gasteiger partial charge in [-0.05, 0) is 44.0 Å². The molecule has 0 radical (unpaired) electrons. The number of allylic oxidation sites excluding steroid dienone is 1. The number of carbonyl (C=O) groups excluding carboxylic acids is 2. The highest BCUT2D eigenvalue weighted by Crippen LogP contribution is 2.31. The van der Waals surface area contributed by atoms with Crippen LogP contribution in [0.15, 0.2) is 78.7 Å². The van der Waals surface area contributed by atoms with Gasteiger partial charge in [-0.15, -0.1) is 0 Å². The van der Waals surface area contributed by atoms with Crippen LogP contribution in [0.5, 0.6) is 0 Å². The number of ketones is 1. The number of ether oxygens (including phenoxy) is 1. The molecule has 5 heteroatoms. The number of hydrogen-bond donors (Lipinski definition) is 0. The SMILES string of the molecule is C[C@H](c1ccccc1)N(Cc1ccnc2ccccc12)C(=O)C1=CC(=O)CC(C)(C)O1. The number of amides is 1. The van der Waals surface area contributed by atoms with E-state index in [1.807, 2.05) is 81.4 Å². The number of para-hydroxylation sites is 1. The van der Waals surface area contributed by atoms with Crippen molar-refractivity contribution in [2.75, 3.05) is 0 Å². The number of nitrogens with zero attached hydrogens (tertiary/aromatic N) is 2. The van der Waals surface area contributed by atoms with Gasteiger partial charge in [0.2, 0.25) is 0 Å². The van der Waals surface area contributed by atoms with Crippen molar-refractivity contribution in [1.29, 1.82) is 0 Å². The van der Waals surface area contributed by atoms with E-state index in [0.29, 0.717) is 6.54 Å². The first kappa shape index (κ1) is 20.8. The van der Waals surface area contributed by atoms with Crippen molar-refractivity contribution in [3.8, 4) is 0 Å². The summed E-state index contributed by atoms with van der Waals surface area (Å²) in [5, 5.41) is 0.998. The Morgan fingerprint density at radius 2 is 1.81 bits per heavy atom. The minimum absolute atomic E-state index is 0.0960. The number of aromatic nitrogens is 1. The van der Waals surface area contributed by atoms with Gasteiger partial charge in [-0.25, -0.2) is 0 Å². The van der Waals surface area contributed by atoms with Crippen LogP contribution in [0.3, 0.4) is 0 Å². The summed E-state index contributed by atoms with van der Waals surface area (Å²) in [5.41, 5.74) is 2.17. The Morgan fingerprint density at radius 1 is 1.10 bits per heavy atom. The predicted molar refractivity (Wildman–Crippen MR) is 120 cm³/mol. The van der Waals surface area contributed by atoms with E-state index >= 15 is 0 Å². The molecule has 1 amide bonds. The highest BCUT2D eigenvalue weighted by atomic mass is 16.5.